The third-order valence-corrected chi connectivity index (χ3v) is 4.82. The van der Waals surface area contributed by atoms with Gasteiger partial charge in [-0.2, -0.15) is 18.3 Å². The smallest absolute Gasteiger partial charge is 0.418 e. The third kappa shape index (κ3) is 5.35. The van der Waals surface area contributed by atoms with Crippen molar-refractivity contribution in [1.29, 1.82) is 0 Å². The van der Waals surface area contributed by atoms with Crippen molar-refractivity contribution >= 4 is 22.8 Å². The lowest BCUT2D eigenvalue weighted by Crippen LogP contribution is -2.37. The Hall–Kier alpha value is -4.13. The topological polar surface area (TPSA) is 117 Å². The normalized spacial score (nSPS) is 12.5. The molecule has 13 heteroatoms. The van der Waals surface area contributed by atoms with Gasteiger partial charge in [-0.15, -0.1) is 0 Å². The molecule has 1 atom stereocenters. The Morgan fingerprint density at radius 1 is 1.11 bits per heavy atom. The largest absolute Gasteiger partial charge is 0.461 e. The molecule has 4 aromatic rings. The number of fused-ring (bicyclic) bond motifs is 1. The maximum atomic E-state index is 13.5. The van der Waals surface area contributed by atoms with E-state index in [0.717, 1.165) is 17.1 Å². The van der Waals surface area contributed by atoms with Crippen LogP contribution in [0.3, 0.4) is 0 Å². The fourth-order valence-corrected chi connectivity index (χ4v) is 3.18. The number of hydrogen-bond donors (Lipinski definition) is 1. The number of hydrogen-bond acceptors (Lipinski definition) is 8. The first-order chi connectivity index (χ1) is 16.8. The summed E-state index contributed by atoms with van der Waals surface area (Å²) in [4.78, 5) is 29.2. The summed E-state index contributed by atoms with van der Waals surface area (Å²) in [5.74, 6) is -0.395. The van der Waals surface area contributed by atoms with Gasteiger partial charge in [0.05, 0.1) is 42.1 Å². The van der Waals surface area contributed by atoms with Crippen LogP contribution < -0.4 is 10.1 Å². The summed E-state index contributed by atoms with van der Waals surface area (Å²) >= 11 is 0. The Morgan fingerprint density at radius 2 is 1.91 bits per heavy atom. The summed E-state index contributed by atoms with van der Waals surface area (Å²) in [6.45, 7) is 3.72. The maximum Gasteiger partial charge on any atom is 0.418 e. The van der Waals surface area contributed by atoms with Gasteiger partial charge in [0, 0.05) is 6.61 Å². The lowest BCUT2D eigenvalue weighted by atomic mass is 10.1. The molecular formula is C22H20F3N7O3. The van der Waals surface area contributed by atoms with Crippen molar-refractivity contribution in [1.82, 2.24) is 29.7 Å². The van der Waals surface area contributed by atoms with Crippen molar-refractivity contribution in [2.45, 2.75) is 26.1 Å². The molecule has 0 bridgehead atoms. The summed E-state index contributed by atoms with van der Waals surface area (Å²) in [5.41, 5.74) is -0.329. The molecule has 1 aromatic carbocycles. The summed E-state index contributed by atoms with van der Waals surface area (Å²) in [5, 5.41) is 6.89. The van der Waals surface area contributed by atoms with Crippen LogP contribution in [0.25, 0.3) is 16.7 Å². The van der Waals surface area contributed by atoms with E-state index >= 15 is 0 Å². The molecule has 3 aromatic heterocycles. The van der Waals surface area contributed by atoms with Gasteiger partial charge in [0.2, 0.25) is 12.0 Å². The predicted octanol–water partition coefficient (Wildman–Crippen LogP) is 3.36. The molecule has 1 N–H and O–H groups in total. The monoisotopic (exact) mass is 487 g/mol. The summed E-state index contributed by atoms with van der Waals surface area (Å²) < 4.78 is 52.8. The second-order valence-electron chi connectivity index (χ2n) is 7.29. The van der Waals surface area contributed by atoms with E-state index in [2.05, 4.69) is 30.4 Å². The van der Waals surface area contributed by atoms with Crippen LogP contribution in [0.2, 0.25) is 0 Å². The molecule has 0 aliphatic carbocycles. The number of anilines is 1. The van der Waals surface area contributed by atoms with Crippen LogP contribution >= 0.6 is 0 Å². The van der Waals surface area contributed by atoms with E-state index in [1.165, 1.54) is 36.8 Å². The summed E-state index contributed by atoms with van der Waals surface area (Å²) in [7, 11) is 0. The van der Waals surface area contributed by atoms with Gasteiger partial charge in [-0.05, 0) is 26.0 Å². The van der Waals surface area contributed by atoms with E-state index in [4.69, 9.17) is 9.47 Å². The lowest BCUT2D eigenvalue weighted by molar-refractivity contribution is -0.137. The number of carbonyl (C=O) groups excluding carboxylic acids is 1. The van der Waals surface area contributed by atoms with Gasteiger partial charge in [0.15, 0.2) is 11.5 Å². The van der Waals surface area contributed by atoms with Crippen molar-refractivity contribution in [3.05, 3.63) is 60.4 Å². The maximum absolute atomic E-state index is 13.5. The van der Waals surface area contributed by atoms with E-state index < -0.39 is 23.8 Å². The second-order valence-corrected chi connectivity index (χ2v) is 7.29. The van der Waals surface area contributed by atoms with E-state index in [1.807, 2.05) is 0 Å². The minimum absolute atomic E-state index is 0.0411. The van der Waals surface area contributed by atoms with Crippen LogP contribution in [0, 0.1) is 6.92 Å². The highest BCUT2D eigenvalue weighted by Crippen LogP contribution is 2.35. The van der Waals surface area contributed by atoms with Gasteiger partial charge >= 0.3 is 6.18 Å². The number of amides is 1. The van der Waals surface area contributed by atoms with Gasteiger partial charge in [-0.3, -0.25) is 9.78 Å². The fourth-order valence-electron chi connectivity index (χ4n) is 3.18. The molecule has 1 amide bonds. The van der Waals surface area contributed by atoms with Crippen molar-refractivity contribution in [3.8, 4) is 11.6 Å². The Labute approximate surface area is 197 Å². The molecule has 35 heavy (non-hydrogen) atoms. The summed E-state index contributed by atoms with van der Waals surface area (Å²) in [6, 6.07) is 4.99. The Bertz CT molecular complexity index is 1330. The van der Waals surface area contributed by atoms with Crippen LogP contribution in [-0.2, 0) is 15.7 Å². The third-order valence-electron chi connectivity index (χ3n) is 4.82. The number of nitrogens with zero attached hydrogens (tertiary/aromatic N) is 6. The van der Waals surface area contributed by atoms with Crippen LogP contribution in [0.1, 0.15) is 18.2 Å². The number of rotatable bonds is 8. The highest BCUT2D eigenvalue weighted by atomic mass is 19.4. The molecule has 3 heterocycles. The minimum atomic E-state index is -4.60. The first kappa shape index (κ1) is 24.0. The highest BCUT2D eigenvalue weighted by molar-refractivity contribution is 5.94. The van der Waals surface area contributed by atoms with Gasteiger partial charge in [-0.25, -0.2) is 19.6 Å². The van der Waals surface area contributed by atoms with Crippen molar-refractivity contribution < 1.29 is 27.4 Å². The van der Waals surface area contributed by atoms with Gasteiger partial charge in [-0.1, -0.05) is 12.1 Å². The molecule has 0 saturated heterocycles. The molecule has 0 saturated carbocycles. The highest BCUT2D eigenvalue weighted by Gasteiger charge is 2.34. The molecule has 182 valence electrons. The molecular weight excluding hydrogens is 467 g/mol. The lowest BCUT2D eigenvalue weighted by Gasteiger charge is -2.18. The zero-order valence-corrected chi connectivity index (χ0v) is 18.7. The molecule has 0 aliphatic heterocycles. The van der Waals surface area contributed by atoms with Gasteiger partial charge in [0.1, 0.15) is 11.7 Å². The van der Waals surface area contributed by atoms with Crippen molar-refractivity contribution in [3.63, 3.8) is 0 Å². The number of halogens is 3. The van der Waals surface area contributed by atoms with E-state index in [1.54, 1.807) is 13.8 Å². The standard InChI is InChI=1S/C22H20F3N7O3/c1-3-34-11-17(20(33)31-18-10-26-13(2)8-27-18)35-21-14-9-30-32(19(14)28-12-29-21)16-7-5-4-6-15(16)22(23,24)25/h4-10,12,17H,3,11H2,1-2H3,(H,27,31,33). The first-order valence-corrected chi connectivity index (χ1v) is 10.5. The van der Waals surface area contributed by atoms with Crippen LogP contribution in [0.4, 0.5) is 19.0 Å². The average molecular weight is 487 g/mol. The van der Waals surface area contributed by atoms with E-state index in [0.29, 0.717) is 12.3 Å². The van der Waals surface area contributed by atoms with Crippen LogP contribution in [-0.4, -0.2) is 54.9 Å². The average Bonchev–Trinajstić information content (AvgIpc) is 3.27. The molecule has 4 rings (SSSR count). The summed E-state index contributed by atoms with van der Waals surface area (Å²) in [6.07, 6.45) is -0.459. The quantitative estimate of drug-likeness (QED) is 0.402. The van der Waals surface area contributed by atoms with Crippen molar-refractivity contribution in [2.75, 3.05) is 18.5 Å². The number of aryl methyl sites for hydroxylation is 1. The van der Waals surface area contributed by atoms with E-state index in [-0.39, 0.29) is 35.0 Å². The van der Waals surface area contributed by atoms with Crippen LogP contribution in [0.5, 0.6) is 5.88 Å². The molecule has 10 nitrogen and oxygen atoms in total. The molecule has 0 aliphatic rings. The predicted molar refractivity (Wildman–Crippen MR) is 118 cm³/mol. The molecule has 0 spiro atoms. The number of nitrogens with one attached hydrogen (secondary N) is 1. The Kier molecular flexibility index (Phi) is 6.87. The number of benzene rings is 1. The number of para-hydroxylation sites is 1. The van der Waals surface area contributed by atoms with Crippen molar-refractivity contribution in [2.24, 2.45) is 0 Å². The number of alkyl halides is 3. The molecule has 1 unspecified atom stereocenters. The molecule has 0 fully saturated rings. The Balaban J connectivity index is 1.66. The number of aromatic nitrogens is 6. The fraction of sp³-hybridized carbons (Fsp3) is 0.273. The van der Waals surface area contributed by atoms with Gasteiger partial charge in [0.25, 0.3) is 5.91 Å². The second kappa shape index (κ2) is 10.0. The van der Waals surface area contributed by atoms with Crippen LogP contribution in [0.15, 0.2) is 49.2 Å². The minimum Gasteiger partial charge on any atom is -0.461 e. The number of carbonyl (C=O) groups is 1. The van der Waals surface area contributed by atoms with E-state index in [9.17, 15) is 18.0 Å². The zero-order chi connectivity index (χ0) is 25.0. The van der Waals surface area contributed by atoms with Gasteiger partial charge < -0.3 is 14.8 Å². The molecule has 0 radical (unpaired) electrons. The first-order valence-electron chi connectivity index (χ1n) is 10.5. The SMILES string of the molecule is CCOCC(Oc1ncnc2c1cnn2-c1ccccc1C(F)(F)F)C(=O)Nc1cnc(C)cn1. The zero-order valence-electron chi connectivity index (χ0n) is 18.7. The Morgan fingerprint density at radius 3 is 2.63 bits per heavy atom. The number of ether oxygens (including phenoxy) is 2.